The second-order valence-electron chi connectivity index (χ2n) is 7.70. The van der Waals surface area contributed by atoms with Crippen molar-refractivity contribution < 1.29 is 23.6 Å². The Bertz CT molecular complexity index is 910. The molecule has 160 valence electrons. The topological polar surface area (TPSA) is 89.9 Å². The minimum Gasteiger partial charge on any atom is -0.456 e. The van der Waals surface area contributed by atoms with Crippen LogP contribution in [0, 0.1) is 5.92 Å². The van der Waals surface area contributed by atoms with E-state index in [1.165, 1.54) is 12.5 Å². The van der Waals surface area contributed by atoms with Gasteiger partial charge in [-0.15, -0.1) is 0 Å². The molecule has 0 radical (unpaired) electrons. The summed E-state index contributed by atoms with van der Waals surface area (Å²) in [4.78, 5) is 34.4. The molecular weight excluding hydrogens is 389 g/mol. The molecule has 0 bridgehead atoms. The van der Waals surface area contributed by atoms with Gasteiger partial charge in [-0.05, 0) is 30.5 Å². The largest absolute Gasteiger partial charge is 0.456 e. The van der Waals surface area contributed by atoms with Crippen molar-refractivity contribution in [2.24, 2.45) is 11.1 Å². The molecule has 0 aromatic carbocycles. The number of nitrogens with zero attached hydrogens (tertiary/aromatic N) is 2. The van der Waals surface area contributed by atoms with Crippen molar-refractivity contribution in [3.8, 4) is 0 Å². The van der Waals surface area contributed by atoms with E-state index in [0.717, 1.165) is 30.2 Å². The van der Waals surface area contributed by atoms with Gasteiger partial charge in [-0.3, -0.25) is 14.6 Å². The lowest BCUT2D eigenvalue weighted by atomic mass is 9.83. The Morgan fingerprint density at radius 2 is 2.23 bits per heavy atom. The van der Waals surface area contributed by atoms with Crippen LogP contribution in [0.5, 0.6) is 0 Å². The van der Waals surface area contributed by atoms with E-state index in [0.29, 0.717) is 5.71 Å². The predicted octanol–water partition coefficient (Wildman–Crippen LogP) is 3.09. The van der Waals surface area contributed by atoms with Crippen LogP contribution in [0.25, 0.3) is 6.08 Å². The fraction of sp³-hybridized carbons (Fsp3) is 0.455. The highest BCUT2D eigenvalue weighted by molar-refractivity contribution is 6.06. The van der Waals surface area contributed by atoms with E-state index in [9.17, 15) is 14.0 Å². The molecule has 1 aliphatic heterocycles. The van der Waals surface area contributed by atoms with Gasteiger partial charge in [0, 0.05) is 31.0 Å². The fourth-order valence-electron chi connectivity index (χ4n) is 3.64. The molecule has 0 spiro atoms. The summed E-state index contributed by atoms with van der Waals surface area (Å²) in [7, 11) is 0. The van der Waals surface area contributed by atoms with Crippen molar-refractivity contribution in [3.05, 3.63) is 47.6 Å². The van der Waals surface area contributed by atoms with E-state index in [-0.39, 0.29) is 25.2 Å². The van der Waals surface area contributed by atoms with E-state index in [2.05, 4.69) is 21.5 Å². The third-order valence-corrected chi connectivity index (χ3v) is 5.35. The maximum Gasteiger partial charge on any atom is 0.303 e. The van der Waals surface area contributed by atoms with E-state index in [4.69, 9.17) is 9.57 Å². The van der Waals surface area contributed by atoms with E-state index in [1.54, 1.807) is 6.20 Å². The number of amides is 1. The van der Waals surface area contributed by atoms with Crippen molar-refractivity contribution in [1.82, 2.24) is 10.3 Å². The number of carbonyl (C=O) groups excluding carboxylic acids is 2. The third kappa shape index (κ3) is 4.42. The number of aromatic nitrogens is 1. The molecule has 30 heavy (non-hydrogen) atoms. The van der Waals surface area contributed by atoms with Gasteiger partial charge in [0.25, 0.3) is 5.91 Å². The molecule has 1 aromatic rings. The monoisotopic (exact) mass is 415 g/mol. The summed E-state index contributed by atoms with van der Waals surface area (Å²) in [5, 5.41) is 6.93. The van der Waals surface area contributed by atoms with Crippen LogP contribution < -0.4 is 5.32 Å². The molecule has 2 atom stereocenters. The molecule has 0 saturated heterocycles. The number of aryl methyl sites for hydroxylation is 1. The summed E-state index contributed by atoms with van der Waals surface area (Å²) in [6.07, 6.45) is 8.49. The van der Waals surface area contributed by atoms with E-state index < -0.39 is 23.6 Å². The standard InChI is InChI=1S/C22H26FN3O4/c1-14(2)22(21(28)25-13-17(8-10-23)29-15(3)27)12-19(26-30-22)20-18-7-5-4-6-16(18)9-11-24-20/h5,7-11,14,17H,4,6,12-13H2,1-3H3,(H,25,28)/b10-8-. The lowest BCUT2D eigenvalue weighted by Crippen LogP contribution is -2.52. The number of fused-ring (bicyclic) bond motifs is 1. The van der Waals surface area contributed by atoms with E-state index in [1.807, 2.05) is 26.0 Å². The Morgan fingerprint density at radius 1 is 1.43 bits per heavy atom. The molecule has 7 nitrogen and oxygen atoms in total. The zero-order chi connectivity index (χ0) is 21.7. The zero-order valence-corrected chi connectivity index (χ0v) is 17.4. The summed E-state index contributed by atoms with van der Waals surface area (Å²) in [6, 6.07) is 1.99. The minimum atomic E-state index is -1.22. The first-order chi connectivity index (χ1) is 14.4. The molecule has 0 saturated carbocycles. The number of pyridine rings is 1. The number of carbonyl (C=O) groups is 2. The zero-order valence-electron chi connectivity index (χ0n) is 17.4. The average molecular weight is 415 g/mol. The number of ether oxygens (including phenoxy) is 1. The smallest absolute Gasteiger partial charge is 0.303 e. The van der Waals surface area contributed by atoms with Crippen molar-refractivity contribution in [2.45, 2.75) is 51.7 Å². The van der Waals surface area contributed by atoms with Crippen LogP contribution in [0.15, 0.2) is 35.9 Å². The van der Waals surface area contributed by atoms with Crippen LogP contribution >= 0.6 is 0 Å². The van der Waals surface area contributed by atoms with Gasteiger partial charge in [-0.2, -0.15) is 0 Å². The molecule has 1 aliphatic carbocycles. The maximum atomic E-state index is 13.1. The van der Waals surface area contributed by atoms with Gasteiger partial charge < -0.3 is 14.9 Å². The Hall–Kier alpha value is -3.03. The summed E-state index contributed by atoms with van der Waals surface area (Å²) in [5.74, 6) is -1.17. The maximum absolute atomic E-state index is 13.1. The number of hydrogen-bond donors (Lipinski definition) is 1. The van der Waals surface area contributed by atoms with Gasteiger partial charge in [0.15, 0.2) is 0 Å². The quantitative estimate of drug-likeness (QED) is 0.691. The molecule has 1 N–H and O–H groups in total. The summed E-state index contributed by atoms with van der Waals surface area (Å²) in [5.41, 5.74) is 2.31. The van der Waals surface area contributed by atoms with Gasteiger partial charge in [-0.25, -0.2) is 4.39 Å². The van der Waals surface area contributed by atoms with Gasteiger partial charge >= 0.3 is 5.97 Å². The fourth-order valence-corrected chi connectivity index (χ4v) is 3.64. The number of nitrogens with one attached hydrogen (secondary N) is 1. The molecule has 1 aromatic heterocycles. The Balaban J connectivity index is 1.77. The highest BCUT2D eigenvalue weighted by Gasteiger charge is 2.50. The summed E-state index contributed by atoms with van der Waals surface area (Å²) >= 11 is 0. The first-order valence-electron chi connectivity index (χ1n) is 9.99. The van der Waals surface area contributed by atoms with Crippen molar-refractivity contribution in [1.29, 1.82) is 0 Å². The van der Waals surface area contributed by atoms with Crippen LogP contribution in [0.3, 0.4) is 0 Å². The van der Waals surface area contributed by atoms with Crippen molar-refractivity contribution >= 4 is 23.7 Å². The Labute approximate surface area is 175 Å². The van der Waals surface area contributed by atoms with Crippen LogP contribution in [0.2, 0.25) is 0 Å². The molecule has 2 unspecified atom stereocenters. The number of hydrogen-bond acceptors (Lipinski definition) is 6. The highest BCUT2D eigenvalue weighted by atomic mass is 19.1. The first kappa shape index (κ1) is 21.7. The molecule has 1 amide bonds. The first-order valence-corrected chi connectivity index (χ1v) is 9.99. The normalized spacial score (nSPS) is 21.2. The highest BCUT2D eigenvalue weighted by Crippen LogP contribution is 2.35. The molecule has 2 aliphatic rings. The molecule has 2 heterocycles. The number of esters is 1. The molecule has 8 heteroatoms. The number of halogens is 1. The van der Waals surface area contributed by atoms with Crippen LogP contribution in [-0.4, -0.2) is 40.8 Å². The molecular formula is C22H26FN3O4. The van der Waals surface area contributed by atoms with Gasteiger partial charge in [0.2, 0.25) is 5.60 Å². The number of oxime groups is 1. The second-order valence-corrected chi connectivity index (χ2v) is 7.70. The van der Waals surface area contributed by atoms with Crippen LogP contribution in [-0.2, 0) is 25.6 Å². The Morgan fingerprint density at radius 3 is 2.93 bits per heavy atom. The lowest BCUT2D eigenvalue weighted by molar-refractivity contribution is -0.152. The van der Waals surface area contributed by atoms with Crippen molar-refractivity contribution in [2.75, 3.05) is 6.54 Å². The van der Waals surface area contributed by atoms with Gasteiger partial charge in [0.05, 0.1) is 18.6 Å². The number of allylic oxidation sites excluding steroid dienone is 1. The van der Waals surface area contributed by atoms with Gasteiger partial charge in [0.1, 0.15) is 11.8 Å². The molecule has 0 fully saturated rings. The predicted molar refractivity (Wildman–Crippen MR) is 110 cm³/mol. The van der Waals surface area contributed by atoms with Crippen LogP contribution in [0.4, 0.5) is 4.39 Å². The average Bonchev–Trinajstić information content (AvgIpc) is 3.18. The summed E-state index contributed by atoms with van der Waals surface area (Å²) in [6.45, 7) is 4.89. The number of rotatable bonds is 7. The lowest BCUT2D eigenvalue weighted by Gasteiger charge is -2.29. The SMILES string of the molecule is CC(=O)OC(/C=C\F)CNC(=O)C1(C(C)C)CC(c2nccc3c2C=CCC3)=NO1. The van der Waals surface area contributed by atoms with Gasteiger partial charge in [-0.1, -0.05) is 31.2 Å². The Kier molecular flexibility index (Phi) is 6.64. The van der Waals surface area contributed by atoms with E-state index >= 15 is 0 Å². The summed E-state index contributed by atoms with van der Waals surface area (Å²) < 4.78 is 17.5. The minimum absolute atomic E-state index is 0.0757. The van der Waals surface area contributed by atoms with Crippen LogP contribution in [0.1, 0.15) is 50.4 Å². The third-order valence-electron chi connectivity index (χ3n) is 5.35. The van der Waals surface area contributed by atoms with Crippen molar-refractivity contribution in [3.63, 3.8) is 0 Å². The molecule has 3 rings (SSSR count). The second kappa shape index (κ2) is 9.19.